The normalized spacial score (nSPS) is 13.2. The topological polar surface area (TPSA) is 123 Å². The zero-order valence-corrected chi connectivity index (χ0v) is 26.1. The summed E-state index contributed by atoms with van der Waals surface area (Å²) in [6, 6.07) is 11.3. The number of ether oxygens (including phenoxy) is 2. The number of anilines is 2. The second-order valence-electron chi connectivity index (χ2n) is 10.7. The lowest BCUT2D eigenvalue weighted by atomic mass is 9.95. The van der Waals surface area contributed by atoms with Crippen molar-refractivity contribution in [3.8, 4) is 16.2 Å². The third-order valence-electron chi connectivity index (χ3n) is 7.32. The van der Waals surface area contributed by atoms with Gasteiger partial charge in [0.2, 0.25) is 0 Å². The number of rotatable bonds is 12. The summed E-state index contributed by atoms with van der Waals surface area (Å²) in [5, 5.41) is 20.9. The Morgan fingerprint density at radius 3 is 2.79 bits per heavy atom. The second kappa shape index (κ2) is 13.8. The maximum atomic E-state index is 13.5. The molecule has 0 fully saturated rings. The van der Waals surface area contributed by atoms with Crippen LogP contribution in [0.4, 0.5) is 29.1 Å². The fourth-order valence-electron chi connectivity index (χ4n) is 5.25. The van der Waals surface area contributed by atoms with Gasteiger partial charge in [0.1, 0.15) is 41.3 Å². The Morgan fingerprint density at radius 2 is 2.02 bits per heavy atom. The first kappa shape index (κ1) is 32.6. The van der Waals surface area contributed by atoms with Crippen molar-refractivity contribution >= 4 is 50.6 Å². The molecule has 0 amide bonds. The van der Waals surface area contributed by atoms with Gasteiger partial charge in [-0.1, -0.05) is 23.7 Å². The maximum Gasteiger partial charge on any atom is 0.490 e. The van der Waals surface area contributed by atoms with Crippen LogP contribution in [0.2, 0.25) is 5.02 Å². The van der Waals surface area contributed by atoms with E-state index in [1.165, 1.54) is 34.5 Å². The van der Waals surface area contributed by atoms with Crippen molar-refractivity contribution in [1.82, 2.24) is 25.1 Å². The highest BCUT2D eigenvalue weighted by atomic mass is 35.5. The molecule has 2 aromatic carbocycles. The van der Waals surface area contributed by atoms with Crippen LogP contribution in [0.15, 0.2) is 55.0 Å². The van der Waals surface area contributed by atoms with Crippen LogP contribution in [0.1, 0.15) is 16.8 Å². The molecule has 3 N–H and O–H groups in total. The standard InChI is InChI=1S/C31H27ClF4N6O4S/c32-23-11-19(4-7-25(23)45-15-17-2-1-3-18(33)10-17)40-28-26-21-5-6-24-22(27(21)47-29(26)39-16-38-28)14-42(41-24)13-20(12-37-8-9-43)46-30(44)31(34,35)36/h1-4,7,10-11,14,16,20,37,43H,5-6,8-9,12-13,15H2,(H,38,39,40)/t20-/m1/s1. The summed E-state index contributed by atoms with van der Waals surface area (Å²) in [6.07, 6.45) is -1.94. The first-order valence-corrected chi connectivity index (χ1v) is 15.6. The van der Waals surface area contributed by atoms with Crippen molar-refractivity contribution in [3.63, 3.8) is 0 Å². The quantitative estimate of drug-likeness (QED) is 0.0844. The zero-order chi connectivity index (χ0) is 33.1. The molecule has 6 rings (SSSR count). The van der Waals surface area contributed by atoms with E-state index in [0.717, 1.165) is 31.9 Å². The van der Waals surface area contributed by atoms with Crippen LogP contribution in [0.25, 0.3) is 20.7 Å². The number of thiophene rings is 1. The molecule has 3 heterocycles. The molecule has 246 valence electrons. The number of fused-ring (bicyclic) bond motifs is 5. The Kier molecular flexibility index (Phi) is 9.59. The van der Waals surface area contributed by atoms with Gasteiger partial charge in [-0.15, -0.1) is 11.3 Å². The number of hydrogen-bond donors (Lipinski definition) is 3. The molecule has 1 atom stereocenters. The van der Waals surface area contributed by atoms with Crippen molar-refractivity contribution in [3.05, 3.63) is 82.6 Å². The minimum absolute atomic E-state index is 0.101. The van der Waals surface area contributed by atoms with Gasteiger partial charge in [-0.25, -0.2) is 19.2 Å². The van der Waals surface area contributed by atoms with Crippen LogP contribution in [0, 0.1) is 5.82 Å². The van der Waals surface area contributed by atoms with Gasteiger partial charge in [-0.05, 0) is 54.3 Å². The predicted octanol–water partition coefficient (Wildman–Crippen LogP) is 5.82. The molecule has 5 aromatic rings. The summed E-state index contributed by atoms with van der Waals surface area (Å²) in [6.45, 7) is -0.177. The third kappa shape index (κ3) is 7.48. The number of aliphatic hydroxyl groups excluding tert-OH is 1. The van der Waals surface area contributed by atoms with Gasteiger partial charge in [-0.2, -0.15) is 18.3 Å². The number of aliphatic hydroxyl groups is 1. The third-order valence-corrected chi connectivity index (χ3v) is 8.78. The largest absolute Gasteiger partial charge is 0.490 e. The fraction of sp³-hybridized carbons (Fsp3) is 0.290. The number of carbonyl (C=O) groups is 1. The molecule has 16 heteroatoms. The number of alkyl halides is 3. The molecule has 1 aliphatic carbocycles. The number of esters is 1. The minimum atomic E-state index is -5.14. The van der Waals surface area contributed by atoms with E-state index >= 15 is 0 Å². The van der Waals surface area contributed by atoms with Gasteiger partial charge in [0.25, 0.3) is 0 Å². The van der Waals surface area contributed by atoms with E-state index in [4.69, 9.17) is 26.2 Å². The molecule has 0 bridgehead atoms. The molecule has 0 aliphatic heterocycles. The minimum Gasteiger partial charge on any atom is -0.487 e. The summed E-state index contributed by atoms with van der Waals surface area (Å²) < 4.78 is 64.2. The van der Waals surface area contributed by atoms with Crippen molar-refractivity contribution < 1.29 is 36.9 Å². The van der Waals surface area contributed by atoms with Gasteiger partial charge in [0.15, 0.2) is 0 Å². The van der Waals surface area contributed by atoms with E-state index in [2.05, 4.69) is 25.7 Å². The maximum absolute atomic E-state index is 13.5. The van der Waals surface area contributed by atoms with Gasteiger partial charge in [0.05, 0.1) is 29.3 Å². The van der Waals surface area contributed by atoms with E-state index in [1.807, 2.05) is 0 Å². The lowest BCUT2D eigenvalue weighted by Crippen LogP contribution is -2.39. The van der Waals surface area contributed by atoms with E-state index in [0.29, 0.717) is 40.7 Å². The van der Waals surface area contributed by atoms with E-state index < -0.39 is 18.2 Å². The average molecular weight is 691 g/mol. The van der Waals surface area contributed by atoms with Gasteiger partial charge in [0, 0.05) is 35.4 Å². The molecule has 0 radical (unpaired) electrons. The van der Waals surface area contributed by atoms with Crippen LogP contribution in [0.3, 0.4) is 0 Å². The van der Waals surface area contributed by atoms with E-state index in [9.17, 15) is 22.4 Å². The van der Waals surface area contributed by atoms with Gasteiger partial charge >= 0.3 is 12.1 Å². The second-order valence-corrected chi connectivity index (χ2v) is 12.1. The summed E-state index contributed by atoms with van der Waals surface area (Å²) in [7, 11) is 0. The lowest BCUT2D eigenvalue weighted by Gasteiger charge is -2.19. The van der Waals surface area contributed by atoms with Gasteiger partial charge in [-0.3, -0.25) is 4.68 Å². The van der Waals surface area contributed by atoms with Crippen LogP contribution in [-0.4, -0.2) is 62.8 Å². The van der Waals surface area contributed by atoms with Crippen molar-refractivity contribution in [2.45, 2.75) is 38.3 Å². The Balaban J connectivity index is 1.21. The summed E-state index contributed by atoms with van der Waals surface area (Å²) in [5.74, 6) is -1.63. The SMILES string of the molecule is O=C(O[C@H](CNCCO)Cn1cc2c(n1)CCc1c-2sc2ncnc(Nc3ccc(OCc4cccc(F)c4)c(Cl)c3)c12)C(F)(F)F. The van der Waals surface area contributed by atoms with Crippen molar-refractivity contribution in [1.29, 1.82) is 0 Å². The van der Waals surface area contributed by atoms with E-state index in [-0.39, 0.29) is 38.7 Å². The van der Waals surface area contributed by atoms with Crippen LogP contribution in [-0.2, 0) is 35.5 Å². The summed E-state index contributed by atoms with van der Waals surface area (Å²) >= 11 is 7.96. The molecule has 0 spiro atoms. The predicted molar refractivity (Wildman–Crippen MR) is 167 cm³/mol. The van der Waals surface area contributed by atoms with Crippen LogP contribution in [0.5, 0.6) is 5.75 Å². The number of aromatic nitrogens is 4. The molecular weight excluding hydrogens is 664 g/mol. The molecule has 0 saturated heterocycles. The summed E-state index contributed by atoms with van der Waals surface area (Å²) in [4.78, 5) is 22.2. The molecule has 0 saturated carbocycles. The molecule has 1 aliphatic rings. The Hall–Kier alpha value is -4.31. The zero-order valence-electron chi connectivity index (χ0n) is 24.5. The number of halogens is 5. The highest BCUT2D eigenvalue weighted by molar-refractivity contribution is 7.22. The first-order valence-electron chi connectivity index (χ1n) is 14.5. The van der Waals surface area contributed by atoms with Crippen molar-refractivity contribution in [2.24, 2.45) is 0 Å². The molecular formula is C31H27ClF4N6O4S. The number of benzene rings is 2. The monoisotopic (exact) mass is 690 g/mol. The number of nitrogens with zero attached hydrogens (tertiary/aromatic N) is 4. The average Bonchev–Trinajstić information content (AvgIpc) is 3.62. The fourth-order valence-corrected chi connectivity index (χ4v) is 6.70. The Morgan fingerprint density at radius 1 is 1.17 bits per heavy atom. The first-order chi connectivity index (χ1) is 22.6. The van der Waals surface area contributed by atoms with Crippen LogP contribution >= 0.6 is 22.9 Å². The molecule has 3 aromatic heterocycles. The molecule has 47 heavy (non-hydrogen) atoms. The van der Waals surface area contributed by atoms with E-state index in [1.54, 1.807) is 36.5 Å². The lowest BCUT2D eigenvalue weighted by molar-refractivity contribution is -0.205. The number of aryl methyl sites for hydroxylation is 2. The highest BCUT2D eigenvalue weighted by Crippen LogP contribution is 2.45. The molecule has 10 nitrogen and oxygen atoms in total. The smallest absolute Gasteiger partial charge is 0.487 e. The highest BCUT2D eigenvalue weighted by Gasteiger charge is 2.42. The summed E-state index contributed by atoms with van der Waals surface area (Å²) in [5.41, 5.74) is 3.91. The number of nitrogens with one attached hydrogen (secondary N) is 2. The number of carbonyl (C=O) groups excluding carboxylic acids is 1. The Bertz CT molecular complexity index is 1920. The van der Waals surface area contributed by atoms with Crippen LogP contribution < -0.4 is 15.4 Å². The number of hydrogen-bond acceptors (Lipinski definition) is 10. The van der Waals surface area contributed by atoms with Gasteiger partial charge < -0.3 is 25.2 Å². The van der Waals surface area contributed by atoms with Crippen molar-refractivity contribution in [2.75, 3.05) is 25.0 Å². The Labute approximate surface area is 274 Å². The molecule has 0 unspecified atom stereocenters.